The van der Waals surface area contributed by atoms with Gasteiger partial charge in [0.1, 0.15) is 16.8 Å². The minimum atomic E-state index is 0.629. The first-order valence-electron chi connectivity index (χ1n) is 16.7. The molecule has 4 nitrogen and oxygen atoms in total. The number of thiophene rings is 2. The molecule has 7 aromatic carbocycles. The summed E-state index contributed by atoms with van der Waals surface area (Å²) in [6.07, 6.45) is 0. The molecular formula is C44H23N3OS2. The van der Waals surface area contributed by atoms with E-state index in [9.17, 15) is 0 Å². The smallest absolute Gasteiger partial charge is 0.236 e. The fraction of sp³-hybridized carbons (Fsp3) is 0. The number of rotatable bonds is 2. The Kier molecular flexibility index (Phi) is 5.23. The molecule has 0 aliphatic heterocycles. The maximum atomic E-state index is 6.60. The molecule has 0 unspecified atom stereocenters. The number of hydrogen-bond acceptors (Lipinski definition) is 5. The van der Waals surface area contributed by atoms with Gasteiger partial charge in [-0.3, -0.25) is 4.57 Å². The minimum Gasteiger partial charge on any atom is -0.452 e. The molecule has 0 saturated heterocycles. The van der Waals surface area contributed by atoms with Gasteiger partial charge in [0.05, 0.1) is 11.0 Å². The van der Waals surface area contributed by atoms with Crippen LogP contribution in [0, 0.1) is 0 Å². The zero-order valence-electron chi connectivity index (χ0n) is 26.3. The number of fused-ring (bicyclic) bond motifs is 16. The molecule has 0 bridgehead atoms. The molecule has 0 aliphatic rings. The number of para-hydroxylation sites is 2. The molecule has 50 heavy (non-hydrogen) atoms. The topological polar surface area (TPSA) is 43.9 Å². The van der Waals surface area contributed by atoms with Crippen molar-refractivity contribution in [1.82, 2.24) is 14.5 Å². The third kappa shape index (κ3) is 3.49. The van der Waals surface area contributed by atoms with E-state index in [0.717, 1.165) is 38.8 Å². The Hall–Kier alpha value is -6.08. The Balaban J connectivity index is 1.27. The fourth-order valence-corrected chi connectivity index (χ4v) is 10.4. The quantitative estimate of drug-likeness (QED) is 0.183. The lowest BCUT2D eigenvalue weighted by atomic mass is 10.00. The van der Waals surface area contributed by atoms with Crippen LogP contribution in [-0.2, 0) is 0 Å². The van der Waals surface area contributed by atoms with Crippen LogP contribution in [0.15, 0.2) is 144 Å². The second-order valence-corrected chi connectivity index (χ2v) is 15.0. The lowest BCUT2D eigenvalue weighted by Gasteiger charge is -2.11. The average Bonchev–Trinajstić information content (AvgIpc) is 3.93. The Morgan fingerprint density at radius 2 is 1.16 bits per heavy atom. The second kappa shape index (κ2) is 9.76. The first kappa shape index (κ1) is 26.8. The molecule has 0 amide bonds. The predicted octanol–water partition coefficient (Wildman–Crippen LogP) is 13.0. The standard InChI is InChI=1S/C44H23N3OS2/c1-2-13-27-26(12-1)41-37(38-30-16-6-10-20-35(30)50-43(27)38)28-14-3-7-17-32(28)47(41)44-45-39(42-40(46-44)29-15-4-8-18-33(29)48-42)24-21-22-36-31(23-24)25-11-5-9-19-34(25)49-36/h1-23H. The van der Waals surface area contributed by atoms with Crippen molar-refractivity contribution in [2.24, 2.45) is 0 Å². The highest BCUT2D eigenvalue weighted by Gasteiger charge is 2.25. The van der Waals surface area contributed by atoms with Crippen LogP contribution in [0.2, 0.25) is 0 Å². The van der Waals surface area contributed by atoms with Gasteiger partial charge in [0.15, 0.2) is 5.58 Å². The van der Waals surface area contributed by atoms with Crippen LogP contribution in [0.3, 0.4) is 0 Å². The summed E-state index contributed by atoms with van der Waals surface area (Å²) in [5.74, 6) is 0.629. The zero-order chi connectivity index (χ0) is 32.5. The maximum Gasteiger partial charge on any atom is 0.236 e. The number of furan rings is 1. The van der Waals surface area contributed by atoms with Crippen molar-refractivity contribution in [2.75, 3.05) is 0 Å². The van der Waals surface area contributed by atoms with Gasteiger partial charge in [-0.2, -0.15) is 0 Å². The van der Waals surface area contributed by atoms with Crippen molar-refractivity contribution in [3.8, 4) is 17.2 Å². The molecule has 232 valence electrons. The van der Waals surface area contributed by atoms with Gasteiger partial charge in [0, 0.05) is 72.8 Å². The van der Waals surface area contributed by atoms with E-state index in [0.29, 0.717) is 11.5 Å². The van der Waals surface area contributed by atoms with Gasteiger partial charge >= 0.3 is 0 Å². The molecule has 0 spiro atoms. The van der Waals surface area contributed by atoms with Crippen LogP contribution >= 0.6 is 22.7 Å². The first-order valence-corrected chi connectivity index (χ1v) is 18.3. The van der Waals surface area contributed by atoms with E-state index in [2.05, 4.69) is 132 Å². The molecule has 0 fully saturated rings. The molecule has 5 aromatic heterocycles. The van der Waals surface area contributed by atoms with E-state index in [1.54, 1.807) is 0 Å². The van der Waals surface area contributed by atoms with E-state index in [4.69, 9.17) is 14.4 Å². The Bertz CT molecular complexity index is 3400. The summed E-state index contributed by atoms with van der Waals surface area (Å²) in [5.41, 5.74) is 6.31. The summed E-state index contributed by atoms with van der Waals surface area (Å²) in [7, 11) is 0. The molecule has 0 atom stereocenters. The van der Waals surface area contributed by atoms with Crippen LogP contribution in [0.5, 0.6) is 0 Å². The van der Waals surface area contributed by atoms with E-state index < -0.39 is 0 Å². The van der Waals surface area contributed by atoms with Crippen LogP contribution in [0.4, 0.5) is 0 Å². The maximum absolute atomic E-state index is 6.60. The van der Waals surface area contributed by atoms with Crippen LogP contribution in [-0.4, -0.2) is 14.5 Å². The van der Waals surface area contributed by atoms with E-state index in [1.807, 2.05) is 34.8 Å². The van der Waals surface area contributed by atoms with Gasteiger partial charge in [-0.15, -0.1) is 22.7 Å². The number of aromatic nitrogens is 3. The van der Waals surface area contributed by atoms with Gasteiger partial charge in [-0.05, 0) is 42.5 Å². The summed E-state index contributed by atoms with van der Waals surface area (Å²) >= 11 is 3.69. The molecule has 5 heterocycles. The van der Waals surface area contributed by atoms with Gasteiger partial charge in [-0.1, -0.05) is 97.1 Å². The molecule has 6 heteroatoms. The van der Waals surface area contributed by atoms with Crippen molar-refractivity contribution in [3.05, 3.63) is 140 Å². The predicted molar refractivity (Wildman–Crippen MR) is 212 cm³/mol. The van der Waals surface area contributed by atoms with Crippen LogP contribution < -0.4 is 0 Å². The highest BCUT2D eigenvalue weighted by Crippen LogP contribution is 2.48. The van der Waals surface area contributed by atoms with Crippen molar-refractivity contribution in [2.45, 2.75) is 0 Å². The largest absolute Gasteiger partial charge is 0.452 e. The lowest BCUT2D eigenvalue weighted by Crippen LogP contribution is -2.03. The van der Waals surface area contributed by atoms with Gasteiger partial charge in [0.25, 0.3) is 0 Å². The average molecular weight is 674 g/mol. The molecule has 12 aromatic rings. The monoisotopic (exact) mass is 673 g/mol. The Morgan fingerprint density at radius 3 is 2.02 bits per heavy atom. The van der Waals surface area contributed by atoms with Crippen molar-refractivity contribution < 1.29 is 4.42 Å². The third-order valence-electron chi connectivity index (χ3n) is 10.2. The first-order chi connectivity index (χ1) is 24.8. The fourth-order valence-electron chi connectivity index (χ4n) is 8.07. The highest BCUT2D eigenvalue weighted by molar-refractivity contribution is 7.27. The van der Waals surface area contributed by atoms with Crippen molar-refractivity contribution in [3.63, 3.8) is 0 Å². The summed E-state index contributed by atoms with van der Waals surface area (Å²) in [4.78, 5) is 10.9. The number of nitrogens with zero attached hydrogens (tertiary/aromatic N) is 3. The summed E-state index contributed by atoms with van der Waals surface area (Å²) in [5, 5.41) is 10.9. The van der Waals surface area contributed by atoms with E-state index in [-0.39, 0.29) is 0 Å². The highest BCUT2D eigenvalue weighted by atomic mass is 32.1. The van der Waals surface area contributed by atoms with Gasteiger partial charge in [0.2, 0.25) is 5.95 Å². The van der Waals surface area contributed by atoms with Gasteiger partial charge in [-0.25, -0.2) is 9.97 Å². The summed E-state index contributed by atoms with van der Waals surface area (Å²) in [6, 6.07) is 49.8. The third-order valence-corrected chi connectivity index (χ3v) is 12.6. The Labute approximate surface area is 292 Å². The number of benzene rings is 7. The van der Waals surface area contributed by atoms with Crippen LogP contribution in [0.1, 0.15) is 0 Å². The summed E-state index contributed by atoms with van der Waals surface area (Å²) in [6.45, 7) is 0. The molecule has 0 radical (unpaired) electrons. The molecule has 0 N–H and O–H groups in total. The minimum absolute atomic E-state index is 0.629. The van der Waals surface area contributed by atoms with Crippen molar-refractivity contribution >= 4 is 118 Å². The van der Waals surface area contributed by atoms with E-state index in [1.165, 1.54) is 61.9 Å². The Morgan fingerprint density at radius 1 is 0.500 bits per heavy atom. The number of hydrogen-bond donors (Lipinski definition) is 0. The second-order valence-electron chi connectivity index (χ2n) is 12.9. The SMILES string of the molecule is c1ccc2c(c1)oc1c(-c3ccc4sc5ccccc5c4c3)nc(-n3c4ccccc4c4c5c6ccccc6sc5c5ccccc5c43)nc12. The van der Waals surface area contributed by atoms with Crippen LogP contribution in [0.25, 0.3) is 112 Å². The normalized spacial score (nSPS) is 12.4. The molecule has 0 saturated carbocycles. The molecular weight excluding hydrogens is 651 g/mol. The summed E-state index contributed by atoms with van der Waals surface area (Å²) < 4.78 is 14.0. The lowest BCUT2D eigenvalue weighted by molar-refractivity contribution is 0.666. The zero-order valence-corrected chi connectivity index (χ0v) is 28.0. The molecule has 0 aliphatic carbocycles. The molecule has 12 rings (SSSR count). The van der Waals surface area contributed by atoms with E-state index >= 15 is 0 Å². The van der Waals surface area contributed by atoms with Crippen molar-refractivity contribution in [1.29, 1.82) is 0 Å². The van der Waals surface area contributed by atoms with Gasteiger partial charge < -0.3 is 4.42 Å².